The third kappa shape index (κ3) is 5.10. The molecule has 24 heavy (non-hydrogen) atoms. The molecule has 128 valence electrons. The number of hydrogen-bond donors (Lipinski definition) is 1. The Bertz CT molecular complexity index is 666. The monoisotopic (exact) mass is 333 g/mol. The lowest BCUT2D eigenvalue weighted by atomic mass is 10.3. The lowest BCUT2D eigenvalue weighted by Gasteiger charge is -2.11. The van der Waals surface area contributed by atoms with Crippen molar-refractivity contribution in [2.24, 2.45) is 0 Å². The molecule has 1 N–H and O–H groups in total. The molecule has 0 saturated carbocycles. The number of aromatic nitrogens is 1. The second kappa shape index (κ2) is 9.31. The SMILES string of the molecule is COc1ccccc1OCCNCCOc1ncccc1[N+](=O)[O-]. The first kappa shape index (κ1) is 17.5. The normalized spacial score (nSPS) is 10.2. The summed E-state index contributed by atoms with van der Waals surface area (Å²) in [4.78, 5) is 14.2. The average Bonchev–Trinajstić information content (AvgIpc) is 2.61. The zero-order valence-electron chi connectivity index (χ0n) is 13.3. The van der Waals surface area contributed by atoms with Crippen LogP contribution in [0.5, 0.6) is 17.4 Å². The predicted octanol–water partition coefficient (Wildman–Crippen LogP) is 2.05. The van der Waals surface area contributed by atoms with E-state index in [-0.39, 0.29) is 18.2 Å². The fourth-order valence-corrected chi connectivity index (χ4v) is 1.95. The van der Waals surface area contributed by atoms with Gasteiger partial charge in [-0.1, -0.05) is 12.1 Å². The minimum Gasteiger partial charge on any atom is -0.493 e. The van der Waals surface area contributed by atoms with Crippen LogP contribution in [0.1, 0.15) is 0 Å². The van der Waals surface area contributed by atoms with Crippen molar-refractivity contribution < 1.29 is 19.1 Å². The topological polar surface area (TPSA) is 95.8 Å². The van der Waals surface area contributed by atoms with E-state index in [1.165, 1.54) is 18.3 Å². The molecule has 2 aromatic rings. The number of nitrogens with zero attached hydrogens (tertiary/aromatic N) is 2. The third-order valence-corrected chi connectivity index (χ3v) is 3.07. The molecule has 0 bridgehead atoms. The van der Waals surface area contributed by atoms with Gasteiger partial charge in [0.15, 0.2) is 11.5 Å². The van der Waals surface area contributed by atoms with E-state index >= 15 is 0 Å². The van der Waals surface area contributed by atoms with Crippen molar-refractivity contribution in [1.29, 1.82) is 0 Å². The molecule has 0 atom stereocenters. The van der Waals surface area contributed by atoms with E-state index in [4.69, 9.17) is 14.2 Å². The first-order chi connectivity index (χ1) is 11.7. The molecular formula is C16H19N3O5. The van der Waals surface area contributed by atoms with Crippen LogP contribution < -0.4 is 19.5 Å². The molecule has 0 fully saturated rings. The summed E-state index contributed by atoms with van der Waals surface area (Å²) in [5.74, 6) is 1.39. The van der Waals surface area contributed by atoms with Gasteiger partial charge in [-0.3, -0.25) is 10.1 Å². The largest absolute Gasteiger partial charge is 0.493 e. The van der Waals surface area contributed by atoms with Crippen LogP contribution in [0.15, 0.2) is 42.6 Å². The Labute approximate surface area is 139 Å². The van der Waals surface area contributed by atoms with Gasteiger partial charge in [0.2, 0.25) is 0 Å². The first-order valence-electron chi connectivity index (χ1n) is 7.41. The van der Waals surface area contributed by atoms with Crippen LogP contribution in [-0.4, -0.2) is 43.3 Å². The van der Waals surface area contributed by atoms with Crippen LogP contribution in [0.2, 0.25) is 0 Å². The lowest BCUT2D eigenvalue weighted by molar-refractivity contribution is -0.386. The van der Waals surface area contributed by atoms with Gasteiger partial charge in [-0.2, -0.15) is 0 Å². The number of nitro groups is 1. The summed E-state index contributed by atoms with van der Waals surface area (Å²) in [6.45, 7) is 1.85. The molecule has 0 saturated heterocycles. The average molecular weight is 333 g/mol. The maximum absolute atomic E-state index is 10.8. The Morgan fingerprint density at radius 1 is 1.08 bits per heavy atom. The molecule has 8 nitrogen and oxygen atoms in total. The minimum atomic E-state index is -0.517. The molecule has 0 unspecified atom stereocenters. The summed E-state index contributed by atoms with van der Waals surface area (Å²) in [6.07, 6.45) is 1.46. The van der Waals surface area contributed by atoms with Gasteiger partial charge in [0.05, 0.1) is 12.0 Å². The first-order valence-corrected chi connectivity index (χ1v) is 7.41. The zero-order valence-corrected chi connectivity index (χ0v) is 13.3. The minimum absolute atomic E-state index is 0.0228. The number of rotatable bonds is 10. The maximum atomic E-state index is 10.8. The highest BCUT2D eigenvalue weighted by atomic mass is 16.6. The van der Waals surface area contributed by atoms with E-state index in [1.54, 1.807) is 7.11 Å². The van der Waals surface area contributed by atoms with Crippen LogP contribution in [0, 0.1) is 10.1 Å². The summed E-state index contributed by atoms with van der Waals surface area (Å²) in [5.41, 5.74) is -0.142. The highest BCUT2D eigenvalue weighted by Gasteiger charge is 2.14. The molecule has 2 rings (SSSR count). The molecular weight excluding hydrogens is 314 g/mol. The molecule has 1 heterocycles. The van der Waals surface area contributed by atoms with Gasteiger partial charge < -0.3 is 19.5 Å². The van der Waals surface area contributed by atoms with E-state index in [0.717, 1.165) is 0 Å². The number of para-hydroxylation sites is 2. The number of nitrogens with one attached hydrogen (secondary N) is 1. The van der Waals surface area contributed by atoms with Crippen molar-refractivity contribution in [3.8, 4) is 17.4 Å². The Hall–Kier alpha value is -2.87. The fourth-order valence-electron chi connectivity index (χ4n) is 1.95. The molecule has 0 amide bonds. The highest BCUT2D eigenvalue weighted by molar-refractivity contribution is 5.40. The molecule has 0 radical (unpaired) electrons. The second-order valence-electron chi connectivity index (χ2n) is 4.68. The Morgan fingerprint density at radius 2 is 1.79 bits per heavy atom. The van der Waals surface area contributed by atoms with Crippen LogP contribution in [0.4, 0.5) is 5.69 Å². The smallest absolute Gasteiger partial charge is 0.330 e. The van der Waals surface area contributed by atoms with Crippen LogP contribution >= 0.6 is 0 Å². The van der Waals surface area contributed by atoms with Gasteiger partial charge in [-0.05, 0) is 18.2 Å². The predicted molar refractivity (Wildman–Crippen MR) is 87.7 cm³/mol. The molecule has 1 aromatic heterocycles. The van der Waals surface area contributed by atoms with E-state index in [9.17, 15) is 10.1 Å². The zero-order chi connectivity index (χ0) is 17.2. The Balaban J connectivity index is 1.65. The van der Waals surface area contributed by atoms with Gasteiger partial charge in [0.1, 0.15) is 13.2 Å². The molecule has 8 heteroatoms. The quantitative estimate of drug-likeness (QED) is 0.404. The highest BCUT2D eigenvalue weighted by Crippen LogP contribution is 2.25. The maximum Gasteiger partial charge on any atom is 0.330 e. The van der Waals surface area contributed by atoms with Crippen molar-refractivity contribution in [3.63, 3.8) is 0 Å². The number of benzene rings is 1. The molecule has 1 aromatic carbocycles. The molecule has 0 spiro atoms. The Morgan fingerprint density at radius 3 is 2.50 bits per heavy atom. The number of ether oxygens (including phenoxy) is 3. The van der Waals surface area contributed by atoms with Crippen molar-refractivity contribution in [2.75, 3.05) is 33.4 Å². The van der Waals surface area contributed by atoms with Crippen LogP contribution in [0.3, 0.4) is 0 Å². The van der Waals surface area contributed by atoms with E-state index in [2.05, 4.69) is 10.3 Å². The van der Waals surface area contributed by atoms with Gasteiger partial charge >= 0.3 is 5.69 Å². The van der Waals surface area contributed by atoms with Crippen molar-refractivity contribution in [3.05, 3.63) is 52.7 Å². The number of hydrogen-bond acceptors (Lipinski definition) is 7. The van der Waals surface area contributed by atoms with E-state index in [0.29, 0.717) is 31.2 Å². The summed E-state index contributed by atoms with van der Waals surface area (Å²) in [6, 6.07) is 10.3. The summed E-state index contributed by atoms with van der Waals surface area (Å²) < 4.78 is 16.1. The summed E-state index contributed by atoms with van der Waals surface area (Å²) >= 11 is 0. The molecule has 0 aliphatic carbocycles. The van der Waals surface area contributed by atoms with E-state index < -0.39 is 4.92 Å². The van der Waals surface area contributed by atoms with Gasteiger partial charge in [0, 0.05) is 25.4 Å². The second-order valence-corrected chi connectivity index (χ2v) is 4.68. The summed E-state index contributed by atoms with van der Waals surface area (Å²) in [5, 5.41) is 13.9. The fraction of sp³-hybridized carbons (Fsp3) is 0.312. The van der Waals surface area contributed by atoms with Gasteiger partial charge in [-0.25, -0.2) is 4.98 Å². The van der Waals surface area contributed by atoms with Gasteiger partial charge in [0.25, 0.3) is 5.88 Å². The van der Waals surface area contributed by atoms with Crippen LogP contribution in [-0.2, 0) is 0 Å². The molecule has 0 aliphatic heterocycles. The van der Waals surface area contributed by atoms with Crippen molar-refractivity contribution in [2.45, 2.75) is 0 Å². The summed E-state index contributed by atoms with van der Waals surface area (Å²) in [7, 11) is 1.59. The number of pyridine rings is 1. The molecule has 0 aliphatic rings. The van der Waals surface area contributed by atoms with Crippen LogP contribution in [0.25, 0.3) is 0 Å². The third-order valence-electron chi connectivity index (χ3n) is 3.07. The van der Waals surface area contributed by atoms with Crippen molar-refractivity contribution >= 4 is 5.69 Å². The van der Waals surface area contributed by atoms with E-state index in [1.807, 2.05) is 24.3 Å². The number of methoxy groups -OCH3 is 1. The standard InChI is InChI=1S/C16H19N3O5/c1-22-14-6-2-3-7-15(14)23-11-9-17-10-12-24-16-13(19(20)21)5-4-8-18-16/h2-8,17H,9-12H2,1H3. The lowest BCUT2D eigenvalue weighted by Crippen LogP contribution is -2.26. The van der Waals surface area contributed by atoms with Crippen molar-refractivity contribution in [1.82, 2.24) is 10.3 Å². The Kier molecular flexibility index (Phi) is 6.78. The van der Waals surface area contributed by atoms with Gasteiger partial charge in [-0.15, -0.1) is 0 Å².